The van der Waals surface area contributed by atoms with Crippen LogP contribution in [0.4, 0.5) is 0 Å². The summed E-state index contributed by atoms with van der Waals surface area (Å²) in [5.41, 5.74) is 0.974. The predicted octanol–water partition coefficient (Wildman–Crippen LogP) is 1.36. The summed E-state index contributed by atoms with van der Waals surface area (Å²) in [6.07, 6.45) is 0.521. The van der Waals surface area contributed by atoms with Crippen LogP contribution in [-0.4, -0.2) is 44.7 Å². The van der Waals surface area contributed by atoms with Gasteiger partial charge in [-0.1, -0.05) is 23.7 Å². The SMILES string of the molecule is O=S(=O)(CCc1cccc(Cl)c1)N1C[C@H]2CNC[C@H]2C1. The molecule has 0 bridgehead atoms. The maximum Gasteiger partial charge on any atom is 0.214 e. The summed E-state index contributed by atoms with van der Waals surface area (Å²) in [4.78, 5) is 0. The Morgan fingerprint density at radius 1 is 1.25 bits per heavy atom. The Kier molecular flexibility index (Phi) is 4.04. The number of benzene rings is 1. The van der Waals surface area contributed by atoms with Crippen LogP contribution in [-0.2, 0) is 16.4 Å². The molecule has 2 atom stereocenters. The van der Waals surface area contributed by atoms with Crippen LogP contribution in [0.3, 0.4) is 0 Å². The van der Waals surface area contributed by atoms with Gasteiger partial charge in [0, 0.05) is 18.1 Å². The van der Waals surface area contributed by atoms with Gasteiger partial charge in [-0.25, -0.2) is 12.7 Å². The van der Waals surface area contributed by atoms with Crippen LogP contribution in [0, 0.1) is 11.8 Å². The second-order valence-electron chi connectivity index (χ2n) is 5.69. The number of halogens is 1. The lowest BCUT2D eigenvalue weighted by Gasteiger charge is -2.17. The van der Waals surface area contributed by atoms with E-state index in [9.17, 15) is 8.42 Å². The van der Waals surface area contributed by atoms with E-state index in [0.717, 1.165) is 18.7 Å². The summed E-state index contributed by atoms with van der Waals surface area (Å²) >= 11 is 5.92. The summed E-state index contributed by atoms with van der Waals surface area (Å²) < 4.78 is 26.5. The molecule has 20 heavy (non-hydrogen) atoms. The first-order valence-corrected chi connectivity index (χ1v) is 8.96. The average molecular weight is 315 g/mol. The Morgan fingerprint density at radius 3 is 2.60 bits per heavy atom. The zero-order chi connectivity index (χ0) is 14.2. The van der Waals surface area contributed by atoms with Crippen molar-refractivity contribution in [3.63, 3.8) is 0 Å². The molecule has 1 N–H and O–H groups in total. The highest BCUT2D eigenvalue weighted by Crippen LogP contribution is 2.28. The van der Waals surface area contributed by atoms with Crippen molar-refractivity contribution in [3.05, 3.63) is 34.9 Å². The smallest absolute Gasteiger partial charge is 0.214 e. The monoisotopic (exact) mass is 314 g/mol. The number of hydrogen-bond acceptors (Lipinski definition) is 3. The average Bonchev–Trinajstić information content (AvgIpc) is 2.97. The fourth-order valence-electron chi connectivity index (χ4n) is 3.11. The van der Waals surface area contributed by atoms with E-state index in [1.807, 2.05) is 18.2 Å². The van der Waals surface area contributed by atoms with Crippen molar-refractivity contribution < 1.29 is 8.42 Å². The van der Waals surface area contributed by atoms with E-state index in [4.69, 9.17) is 11.6 Å². The van der Waals surface area contributed by atoms with Gasteiger partial charge in [0.2, 0.25) is 10.0 Å². The van der Waals surface area contributed by atoms with Gasteiger partial charge >= 0.3 is 0 Å². The summed E-state index contributed by atoms with van der Waals surface area (Å²) in [6.45, 7) is 3.25. The molecule has 2 saturated heterocycles. The molecule has 110 valence electrons. The van der Waals surface area contributed by atoms with Crippen molar-refractivity contribution in [1.82, 2.24) is 9.62 Å². The van der Waals surface area contributed by atoms with Gasteiger partial charge in [0.25, 0.3) is 0 Å². The van der Waals surface area contributed by atoms with Crippen molar-refractivity contribution >= 4 is 21.6 Å². The first-order chi connectivity index (χ1) is 9.54. The van der Waals surface area contributed by atoms with E-state index in [0.29, 0.717) is 36.4 Å². The standard InChI is InChI=1S/C14H19ClN2O2S/c15-14-3-1-2-11(6-14)4-5-20(18,19)17-9-12-7-16-8-13(12)10-17/h1-3,6,12-13,16H,4-5,7-10H2/t12-,13+. The molecule has 2 heterocycles. The van der Waals surface area contributed by atoms with E-state index >= 15 is 0 Å². The first kappa shape index (κ1) is 14.3. The molecule has 0 saturated carbocycles. The van der Waals surface area contributed by atoms with E-state index in [1.54, 1.807) is 10.4 Å². The molecule has 3 rings (SSSR count). The lowest BCUT2D eigenvalue weighted by Crippen LogP contribution is -2.34. The van der Waals surface area contributed by atoms with Crippen LogP contribution in [0.2, 0.25) is 5.02 Å². The molecule has 1 aromatic rings. The van der Waals surface area contributed by atoms with Crippen molar-refractivity contribution in [2.24, 2.45) is 11.8 Å². The number of rotatable bonds is 4. The molecule has 0 aliphatic carbocycles. The summed E-state index contributed by atoms with van der Waals surface area (Å²) in [6, 6.07) is 7.41. The molecule has 0 aromatic heterocycles. The molecule has 0 spiro atoms. The molecule has 0 amide bonds. The summed E-state index contributed by atoms with van der Waals surface area (Å²) in [5.74, 6) is 1.16. The Morgan fingerprint density at radius 2 is 1.95 bits per heavy atom. The third-order valence-electron chi connectivity index (χ3n) is 4.29. The van der Waals surface area contributed by atoms with Gasteiger partial charge in [0.15, 0.2) is 0 Å². The van der Waals surface area contributed by atoms with Gasteiger partial charge in [-0.3, -0.25) is 0 Å². The largest absolute Gasteiger partial charge is 0.316 e. The second-order valence-corrected chi connectivity index (χ2v) is 8.22. The molecule has 2 aliphatic rings. The minimum atomic E-state index is -3.15. The molecular weight excluding hydrogens is 296 g/mol. The quantitative estimate of drug-likeness (QED) is 0.913. The topological polar surface area (TPSA) is 49.4 Å². The van der Waals surface area contributed by atoms with E-state index in [2.05, 4.69) is 5.32 Å². The lowest BCUT2D eigenvalue weighted by molar-refractivity contribution is 0.448. The Bertz CT molecular complexity index is 579. The van der Waals surface area contributed by atoms with Gasteiger partial charge in [0.05, 0.1) is 5.75 Å². The van der Waals surface area contributed by atoms with Crippen LogP contribution < -0.4 is 5.32 Å². The fraction of sp³-hybridized carbons (Fsp3) is 0.571. The maximum absolute atomic E-state index is 12.4. The number of sulfonamides is 1. The Hall–Kier alpha value is -0.620. The molecule has 2 fully saturated rings. The van der Waals surface area contributed by atoms with E-state index < -0.39 is 10.0 Å². The van der Waals surface area contributed by atoms with Crippen LogP contribution in [0.25, 0.3) is 0 Å². The maximum atomic E-state index is 12.4. The van der Waals surface area contributed by atoms with E-state index in [-0.39, 0.29) is 5.75 Å². The molecular formula is C14H19ClN2O2S. The van der Waals surface area contributed by atoms with Gasteiger partial charge in [-0.2, -0.15) is 0 Å². The highest BCUT2D eigenvalue weighted by Gasteiger charge is 2.40. The van der Waals surface area contributed by atoms with E-state index in [1.165, 1.54) is 0 Å². The van der Waals surface area contributed by atoms with Crippen LogP contribution in [0.1, 0.15) is 5.56 Å². The molecule has 6 heteroatoms. The zero-order valence-corrected chi connectivity index (χ0v) is 12.8. The molecule has 1 aromatic carbocycles. The number of nitrogens with one attached hydrogen (secondary N) is 1. The van der Waals surface area contributed by atoms with Crippen LogP contribution in [0.15, 0.2) is 24.3 Å². The van der Waals surface area contributed by atoms with Crippen LogP contribution >= 0.6 is 11.6 Å². The summed E-state index contributed by atoms with van der Waals surface area (Å²) in [5, 5.41) is 3.98. The highest BCUT2D eigenvalue weighted by atomic mass is 35.5. The minimum Gasteiger partial charge on any atom is -0.316 e. The number of nitrogens with zero attached hydrogens (tertiary/aromatic N) is 1. The van der Waals surface area contributed by atoms with Crippen molar-refractivity contribution in [1.29, 1.82) is 0 Å². The van der Waals surface area contributed by atoms with Crippen LogP contribution in [0.5, 0.6) is 0 Å². The third kappa shape index (κ3) is 3.01. The Labute approximate surface area is 125 Å². The molecule has 0 unspecified atom stereocenters. The molecule has 2 aliphatic heterocycles. The van der Waals surface area contributed by atoms with Gasteiger partial charge < -0.3 is 5.32 Å². The van der Waals surface area contributed by atoms with Crippen molar-refractivity contribution in [2.45, 2.75) is 6.42 Å². The van der Waals surface area contributed by atoms with Gasteiger partial charge in [0.1, 0.15) is 0 Å². The normalized spacial score (nSPS) is 26.9. The third-order valence-corrected chi connectivity index (χ3v) is 6.33. The first-order valence-electron chi connectivity index (χ1n) is 6.97. The lowest BCUT2D eigenvalue weighted by atomic mass is 10.0. The van der Waals surface area contributed by atoms with Gasteiger partial charge in [-0.05, 0) is 49.0 Å². The van der Waals surface area contributed by atoms with Gasteiger partial charge in [-0.15, -0.1) is 0 Å². The second kappa shape index (κ2) is 5.64. The molecule has 4 nitrogen and oxygen atoms in total. The minimum absolute atomic E-state index is 0.167. The molecule has 0 radical (unpaired) electrons. The number of hydrogen-bond donors (Lipinski definition) is 1. The number of aryl methyl sites for hydroxylation is 1. The number of fused-ring (bicyclic) bond motifs is 1. The highest BCUT2D eigenvalue weighted by molar-refractivity contribution is 7.89. The van der Waals surface area contributed by atoms with Crippen molar-refractivity contribution in [2.75, 3.05) is 31.9 Å². The summed E-state index contributed by atoms with van der Waals surface area (Å²) in [7, 11) is -3.15. The zero-order valence-electron chi connectivity index (χ0n) is 11.3. The predicted molar refractivity (Wildman–Crippen MR) is 80.4 cm³/mol. The Balaban J connectivity index is 1.62. The van der Waals surface area contributed by atoms with Crippen molar-refractivity contribution in [3.8, 4) is 0 Å². The fourth-order valence-corrected chi connectivity index (χ4v) is 4.91.